The zero-order chi connectivity index (χ0) is 20.5. The fourth-order valence-corrected chi connectivity index (χ4v) is 3.50. The molecule has 1 N–H and O–H groups in total. The van der Waals surface area contributed by atoms with Crippen molar-refractivity contribution in [1.29, 1.82) is 0 Å². The average molecular weight is 412 g/mol. The van der Waals surface area contributed by atoms with Crippen LogP contribution in [0.15, 0.2) is 58.9 Å². The van der Waals surface area contributed by atoms with Gasteiger partial charge in [-0.05, 0) is 48.4 Å². The molecule has 0 spiro atoms. The summed E-state index contributed by atoms with van der Waals surface area (Å²) in [5.74, 6) is -1.25. The van der Waals surface area contributed by atoms with Gasteiger partial charge in [-0.2, -0.15) is 5.11 Å². The molecule has 29 heavy (non-hydrogen) atoms. The second-order valence-corrected chi connectivity index (χ2v) is 7.22. The third-order valence-electron chi connectivity index (χ3n) is 4.89. The molecule has 0 aromatic heterocycles. The van der Waals surface area contributed by atoms with Crippen LogP contribution in [0.5, 0.6) is 0 Å². The molecular weight excluding hydrogens is 394 g/mol. The lowest BCUT2D eigenvalue weighted by Gasteiger charge is -2.20. The van der Waals surface area contributed by atoms with Crippen LogP contribution >= 0.6 is 11.6 Å². The monoisotopic (exact) mass is 411 g/mol. The van der Waals surface area contributed by atoms with Crippen LogP contribution in [0.1, 0.15) is 12.5 Å². The number of hydrogen-bond donors (Lipinski definition) is 1. The minimum absolute atomic E-state index is 0.199. The largest absolute Gasteiger partial charge is 0.324 e. The van der Waals surface area contributed by atoms with Crippen molar-refractivity contribution < 1.29 is 14.4 Å². The zero-order valence-corrected chi connectivity index (χ0v) is 16.3. The summed E-state index contributed by atoms with van der Waals surface area (Å²) in [6.45, 7) is 1.83. The Kier molecular flexibility index (Phi) is 5.02. The predicted molar refractivity (Wildman–Crippen MR) is 108 cm³/mol. The highest BCUT2D eigenvalue weighted by Gasteiger charge is 2.55. The molecule has 2 atom stereocenters. The summed E-state index contributed by atoms with van der Waals surface area (Å²) in [5, 5.41) is 12.3. The van der Waals surface area contributed by atoms with Crippen LogP contribution in [-0.4, -0.2) is 41.4 Å². The number of imide groups is 1. The van der Waals surface area contributed by atoms with E-state index in [1.54, 1.807) is 36.4 Å². The smallest absolute Gasteiger partial charge is 0.263 e. The van der Waals surface area contributed by atoms with E-state index in [1.807, 2.05) is 19.1 Å². The molecule has 0 radical (unpaired) electrons. The standard InChI is InChI=1S/C20H18ClN5O3/c1-2-12-3-9-15(10-4-12)26-19(28)17-18(20(26)29)25(24-23-17)11-16(27)22-14-7-5-13(21)6-8-14/h3-10,17-18H,2,11H2,1H3,(H,22,27)/t17-,18+/m1/s1. The zero-order valence-electron chi connectivity index (χ0n) is 15.6. The molecule has 8 nitrogen and oxygen atoms in total. The highest BCUT2D eigenvalue weighted by atomic mass is 35.5. The van der Waals surface area contributed by atoms with Gasteiger partial charge >= 0.3 is 0 Å². The van der Waals surface area contributed by atoms with E-state index >= 15 is 0 Å². The molecule has 9 heteroatoms. The van der Waals surface area contributed by atoms with E-state index in [0.717, 1.165) is 16.9 Å². The third kappa shape index (κ3) is 3.58. The molecule has 1 saturated heterocycles. The number of hydrogen-bond acceptors (Lipinski definition) is 6. The Morgan fingerprint density at radius 3 is 2.41 bits per heavy atom. The number of fused-ring (bicyclic) bond motifs is 1. The van der Waals surface area contributed by atoms with Crippen LogP contribution in [0, 0.1) is 0 Å². The Hall–Kier alpha value is -3.26. The number of nitrogens with one attached hydrogen (secondary N) is 1. The second kappa shape index (κ2) is 7.63. The van der Waals surface area contributed by atoms with Gasteiger partial charge < -0.3 is 5.32 Å². The molecule has 1 fully saturated rings. The Balaban J connectivity index is 1.47. The van der Waals surface area contributed by atoms with Crippen molar-refractivity contribution in [3.8, 4) is 0 Å². The van der Waals surface area contributed by atoms with Crippen molar-refractivity contribution in [2.75, 3.05) is 16.8 Å². The van der Waals surface area contributed by atoms with Crippen LogP contribution in [0.25, 0.3) is 0 Å². The van der Waals surface area contributed by atoms with E-state index in [1.165, 1.54) is 5.01 Å². The van der Waals surface area contributed by atoms with Gasteiger partial charge in [-0.25, -0.2) is 4.90 Å². The Labute approximate surface area is 172 Å². The van der Waals surface area contributed by atoms with Crippen LogP contribution in [0.4, 0.5) is 11.4 Å². The van der Waals surface area contributed by atoms with Crippen molar-refractivity contribution >= 4 is 40.7 Å². The number of amides is 3. The number of rotatable bonds is 5. The van der Waals surface area contributed by atoms with Crippen LogP contribution in [0.2, 0.25) is 5.02 Å². The van der Waals surface area contributed by atoms with Gasteiger partial charge in [-0.1, -0.05) is 35.9 Å². The van der Waals surface area contributed by atoms with Crippen LogP contribution in [0.3, 0.4) is 0 Å². The summed E-state index contributed by atoms with van der Waals surface area (Å²) in [5.41, 5.74) is 2.17. The molecule has 148 valence electrons. The van der Waals surface area contributed by atoms with Gasteiger partial charge in [0.25, 0.3) is 11.8 Å². The first-order chi connectivity index (χ1) is 14.0. The van der Waals surface area contributed by atoms with Gasteiger partial charge in [0.15, 0.2) is 12.1 Å². The first kappa shape index (κ1) is 19.1. The summed E-state index contributed by atoms with van der Waals surface area (Å²) in [4.78, 5) is 39.1. The predicted octanol–water partition coefficient (Wildman–Crippen LogP) is 2.83. The van der Waals surface area contributed by atoms with E-state index in [-0.39, 0.29) is 12.5 Å². The van der Waals surface area contributed by atoms with Crippen molar-refractivity contribution in [1.82, 2.24) is 5.01 Å². The van der Waals surface area contributed by atoms with Crippen LogP contribution in [-0.2, 0) is 20.8 Å². The quantitative estimate of drug-likeness (QED) is 0.765. The molecule has 2 heterocycles. The molecule has 0 unspecified atom stereocenters. The minimum Gasteiger partial charge on any atom is -0.324 e. The van der Waals surface area contributed by atoms with Gasteiger partial charge in [0.1, 0.15) is 6.54 Å². The van der Waals surface area contributed by atoms with Crippen molar-refractivity contribution in [3.05, 3.63) is 59.1 Å². The molecule has 2 aromatic rings. The second-order valence-electron chi connectivity index (χ2n) is 6.78. The van der Waals surface area contributed by atoms with Crippen LogP contribution < -0.4 is 10.2 Å². The highest BCUT2D eigenvalue weighted by Crippen LogP contribution is 2.32. The molecule has 2 aromatic carbocycles. The minimum atomic E-state index is -0.934. The van der Waals surface area contributed by atoms with E-state index in [4.69, 9.17) is 11.6 Å². The number of benzene rings is 2. The SMILES string of the molecule is CCc1ccc(N2C(=O)[C@@H]3[C@@H](N=NN3CC(=O)Nc3ccc(Cl)cc3)C2=O)cc1. The molecule has 3 amide bonds. The van der Waals surface area contributed by atoms with E-state index in [0.29, 0.717) is 16.4 Å². The van der Waals surface area contributed by atoms with Crippen molar-refractivity contribution in [3.63, 3.8) is 0 Å². The van der Waals surface area contributed by atoms with Crippen molar-refractivity contribution in [2.24, 2.45) is 10.3 Å². The average Bonchev–Trinajstić information content (AvgIpc) is 3.23. The van der Waals surface area contributed by atoms with E-state index in [9.17, 15) is 14.4 Å². The summed E-state index contributed by atoms with van der Waals surface area (Å²) in [6.07, 6.45) is 0.859. The topological polar surface area (TPSA) is 94.4 Å². The molecule has 4 rings (SSSR count). The number of aryl methyl sites for hydroxylation is 1. The Bertz CT molecular complexity index is 990. The number of carbonyl (C=O) groups excluding carboxylic acids is 3. The fraction of sp³-hybridized carbons (Fsp3) is 0.250. The first-order valence-corrected chi connectivity index (χ1v) is 9.55. The molecular formula is C20H18ClN5O3. The van der Waals surface area contributed by atoms with Gasteiger partial charge in [0, 0.05) is 10.7 Å². The third-order valence-corrected chi connectivity index (χ3v) is 5.15. The van der Waals surface area contributed by atoms with Gasteiger partial charge in [-0.15, -0.1) is 0 Å². The lowest BCUT2D eigenvalue weighted by atomic mass is 10.1. The number of nitrogens with zero attached hydrogens (tertiary/aromatic N) is 4. The molecule has 0 bridgehead atoms. The summed E-state index contributed by atoms with van der Waals surface area (Å²) < 4.78 is 0. The molecule has 0 saturated carbocycles. The number of anilines is 2. The maximum Gasteiger partial charge on any atom is 0.263 e. The maximum absolute atomic E-state index is 12.9. The summed E-state index contributed by atoms with van der Waals surface area (Å²) in [6, 6.07) is 12.0. The van der Waals surface area contributed by atoms with E-state index in [2.05, 4.69) is 15.7 Å². The highest BCUT2D eigenvalue weighted by molar-refractivity contribution is 6.30. The molecule has 2 aliphatic rings. The van der Waals surface area contributed by atoms with Gasteiger partial charge in [0.05, 0.1) is 5.69 Å². The number of halogens is 1. The summed E-state index contributed by atoms with van der Waals surface area (Å²) >= 11 is 5.83. The maximum atomic E-state index is 12.9. The summed E-state index contributed by atoms with van der Waals surface area (Å²) in [7, 11) is 0. The lowest BCUT2D eigenvalue weighted by Crippen LogP contribution is -2.43. The lowest BCUT2D eigenvalue weighted by molar-refractivity contribution is -0.123. The molecule has 0 aliphatic carbocycles. The van der Waals surface area contributed by atoms with E-state index < -0.39 is 23.9 Å². The first-order valence-electron chi connectivity index (χ1n) is 9.17. The Morgan fingerprint density at radius 1 is 1.07 bits per heavy atom. The fourth-order valence-electron chi connectivity index (χ4n) is 3.37. The van der Waals surface area contributed by atoms with Gasteiger partial charge in [0.2, 0.25) is 5.91 Å². The Morgan fingerprint density at radius 2 is 1.76 bits per heavy atom. The van der Waals surface area contributed by atoms with Gasteiger partial charge in [-0.3, -0.25) is 19.4 Å². The van der Waals surface area contributed by atoms with Crippen molar-refractivity contribution in [2.45, 2.75) is 25.4 Å². The number of carbonyl (C=O) groups is 3. The molecule has 2 aliphatic heterocycles. The normalized spacial score (nSPS) is 20.3.